The van der Waals surface area contributed by atoms with Gasteiger partial charge in [0.15, 0.2) is 17.7 Å². The smallest absolute Gasteiger partial charge is 0.382 e. The molecule has 0 aliphatic heterocycles. The maximum Gasteiger partial charge on any atom is 0.416 e. The molecule has 0 spiro atoms. The summed E-state index contributed by atoms with van der Waals surface area (Å²) in [6.45, 7) is -0.923. The van der Waals surface area contributed by atoms with Gasteiger partial charge in [-0.2, -0.15) is 18.2 Å². The first-order valence-electron chi connectivity index (χ1n) is 3.97. The fourth-order valence-electron chi connectivity index (χ4n) is 0.779. The van der Waals surface area contributed by atoms with Crippen molar-refractivity contribution in [3.8, 4) is 0 Å². The molecule has 0 radical (unpaired) electrons. The van der Waals surface area contributed by atoms with Crippen molar-refractivity contribution >= 4 is 17.4 Å². The number of hydrogen-bond acceptors (Lipinski definition) is 4. The van der Waals surface area contributed by atoms with Crippen molar-refractivity contribution in [3.63, 3.8) is 0 Å². The molecule has 0 bridgehead atoms. The maximum atomic E-state index is 12.9. The molecule has 16 heavy (non-hydrogen) atoms. The number of rotatable bonds is 3. The van der Waals surface area contributed by atoms with Gasteiger partial charge in [-0.15, -0.1) is 0 Å². The van der Waals surface area contributed by atoms with Gasteiger partial charge in [0.2, 0.25) is 5.28 Å². The molecule has 0 saturated carbocycles. The van der Waals surface area contributed by atoms with Crippen molar-refractivity contribution < 1.29 is 22.7 Å². The van der Waals surface area contributed by atoms with E-state index in [1.54, 1.807) is 0 Å². The summed E-state index contributed by atoms with van der Waals surface area (Å²) in [4.78, 5) is 6.59. The van der Waals surface area contributed by atoms with Crippen molar-refractivity contribution in [2.75, 3.05) is 11.9 Å². The number of nitrogens with zero attached hydrogens (tertiary/aromatic N) is 2. The first kappa shape index (κ1) is 12.9. The summed E-state index contributed by atoms with van der Waals surface area (Å²) in [7, 11) is 0. The Morgan fingerprint density at radius 1 is 1.50 bits per heavy atom. The molecule has 0 aliphatic carbocycles. The molecule has 0 amide bonds. The second-order valence-electron chi connectivity index (χ2n) is 2.77. The Labute approximate surface area is 92.3 Å². The molecule has 0 aromatic carbocycles. The largest absolute Gasteiger partial charge is 0.416 e. The van der Waals surface area contributed by atoms with Gasteiger partial charge in [-0.25, -0.2) is 9.37 Å². The molecule has 90 valence electrons. The molecule has 1 atom stereocenters. The summed E-state index contributed by atoms with van der Waals surface area (Å²) < 4.78 is 48.6. The Hall–Kier alpha value is -1.15. The minimum atomic E-state index is -4.78. The molecule has 1 heterocycles. The van der Waals surface area contributed by atoms with Crippen LogP contribution in [0.15, 0.2) is 6.20 Å². The van der Waals surface area contributed by atoms with E-state index < -0.39 is 30.5 Å². The van der Waals surface area contributed by atoms with Crippen LogP contribution in [0, 0.1) is 5.82 Å². The SMILES string of the molecule is OC(CNc1nc(Cl)ncc1F)C(F)(F)F. The summed E-state index contributed by atoms with van der Waals surface area (Å²) in [5, 5.41) is 10.3. The number of halogens is 5. The zero-order chi connectivity index (χ0) is 12.3. The third kappa shape index (κ3) is 3.46. The molecule has 0 fully saturated rings. The molecule has 1 aromatic rings. The number of nitrogens with one attached hydrogen (secondary N) is 1. The number of anilines is 1. The zero-order valence-electron chi connectivity index (χ0n) is 7.59. The highest BCUT2D eigenvalue weighted by Gasteiger charge is 2.38. The minimum Gasteiger partial charge on any atom is -0.382 e. The van der Waals surface area contributed by atoms with Crippen molar-refractivity contribution in [1.82, 2.24) is 9.97 Å². The second kappa shape index (κ2) is 4.79. The van der Waals surface area contributed by atoms with E-state index >= 15 is 0 Å². The molecular weight excluding hydrogens is 254 g/mol. The van der Waals surface area contributed by atoms with E-state index in [-0.39, 0.29) is 5.28 Å². The van der Waals surface area contributed by atoms with Crippen LogP contribution in [0.3, 0.4) is 0 Å². The first-order chi connectivity index (χ1) is 7.30. The molecular formula is C7H6ClF4N3O. The fourth-order valence-corrected chi connectivity index (χ4v) is 0.912. The highest BCUT2D eigenvalue weighted by Crippen LogP contribution is 2.20. The average molecular weight is 260 g/mol. The van der Waals surface area contributed by atoms with Gasteiger partial charge in [-0.05, 0) is 11.6 Å². The topological polar surface area (TPSA) is 58.0 Å². The predicted octanol–water partition coefficient (Wildman–Crippen LogP) is 1.60. The number of aromatic nitrogens is 2. The summed E-state index contributed by atoms with van der Waals surface area (Å²) in [5.74, 6) is -1.46. The Bertz CT molecular complexity index is 373. The van der Waals surface area contributed by atoms with Crippen molar-refractivity contribution in [1.29, 1.82) is 0 Å². The van der Waals surface area contributed by atoms with Crippen LogP contribution in [-0.4, -0.2) is 33.9 Å². The lowest BCUT2D eigenvalue weighted by Gasteiger charge is -2.15. The van der Waals surface area contributed by atoms with E-state index in [4.69, 9.17) is 16.7 Å². The minimum absolute atomic E-state index is 0.314. The molecule has 1 rings (SSSR count). The van der Waals surface area contributed by atoms with Crippen LogP contribution in [-0.2, 0) is 0 Å². The summed E-state index contributed by atoms with van der Waals surface area (Å²) >= 11 is 5.31. The predicted molar refractivity (Wildman–Crippen MR) is 47.6 cm³/mol. The number of aliphatic hydroxyl groups is 1. The molecule has 0 saturated heterocycles. The summed E-state index contributed by atoms with van der Waals surface area (Å²) in [6.07, 6.45) is -6.68. The zero-order valence-corrected chi connectivity index (χ0v) is 8.35. The van der Waals surface area contributed by atoms with Crippen LogP contribution in [0.1, 0.15) is 0 Å². The third-order valence-corrected chi connectivity index (χ3v) is 1.74. The van der Waals surface area contributed by atoms with Gasteiger partial charge in [0, 0.05) is 0 Å². The number of aliphatic hydroxyl groups excluding tert-OH is 1. The monoisotopic (exact) mass is 259 g/mol. The standard InChI is InChI=1S/C7H6ClF4N3O/c8-6-14-1-3(9)5(15-6)13-2-4(16)7(10,11)12/h1,4,16H,2H2,(H,13,14,15). The summed E-state index contributed by atoms with van der Waals surface area (Å²) in [5.41, 5.74) is 0. The molecule has 0 aliphatic rings. The quantitative estimate of drug-likeness (QED) is 0.639. The molecule has 2 N–H and O–H groups in total. The van der Waals surface area contributed by atoms with E-state index in [1.165, 1.54) is 0 Å². The Kier molecular flexibility index (Phi) is 3.87. The lowest BCUT2D eigenvalue weighted by Crippen LogP contribution is -2.35. The van der Waals surface area contributed by atoms with Gasteiger partial charge in [-0.3, -0.25) is 0 Å². The highest BCUT2D eigenvalue weighted by molar-refractivity contribution is 6.28. The van der Waals surface area contributed by atoms with E-state index in [2.05, 4.69) is 9.97 Å². The number of alkyl halides is 3. The van der Waals surface area contributed by atoms with Gasteiger partial charge in [-0.1, -0.05) is 0 Å². The van der Waals surface area contributed by atoms with Gasteiger partial charge in [0.05, 0.1) is 12.7 Å². The Balaban J connectivity index is 2.64. The molecule has 1 unspecified atom stereocenters. The van der Waals surface area contributed by atoms with Gasteiger partial charge in [0.1, 0.15) is 0 Å². The van der Waals surface area contributed by atoms with Crippen LogP contribution in [0.2, 0.25) is 5.28 Å². The van der Waals surface area contributed by atoms with Gasteiger partial charge in [0.25, 0.3) is 0 Å². The van der Waals surface area contributed by atoms with Crippen LogP contribution in [0.5, 0.6) is 0 Å². The van der Waals surface area contributed by atoms with Crippen LogP contribution < -0.4 is 5.32 Å². The van der Waals surface area contributed by atoms with Crippen LogP contribution in [0.25, 0.3) is 0 Å². The third-order valence-electron chi connectivity index (χ3n) is 1.56. The lowest BCUT2D eigenvalue weighted by molar-refractivity contribution is -0.198. The fraction of sp³-hybridized carbons (Fsp3) is 0.429. The van der Waals surface area contributed by atoms with E-state index in [1.807, 2.05) is 5.32 Å². The van der Waals surface area contributed by atoms with Gasteiger partial charge >= 0.3 is 6.18 Å². The van der Waals surface area contributed by atoms with Crippen LogP contribution >= 0.6 is 11.6 Å². The second-order valence-corrected chi connectivity index (χ2v) is 3.11. The average Bonchev–Trinajstić information content (AvgIpc) is 2.17. The van der Waals surface area contributed by atoms with Crippen molar-refractivity contribution in [2.45, 2.75) is 12.3 Å². The maximum absolute atomic E-state index is 12.9. The Morgan fingerprint density at radius 2 is 2.12 bits per heavy atom. The van der Waals surface area contributed by atoms with Gasteiger partial charge < -0.3 is 10.4 Å². The summed E-state index contributed by atoms with van der Waals surface area (Å²) in [6, 6.07) is 0. The molecule has 1 aromatic heterocycles. The highest BCUT2D eigenvalue weighted by atomic mass is 35.5. The molecule has 4 nitrogen and oxygen atoms in total. The Morgan fingerprint density at radius 3 is 2.69 bits per heavy atom. The van der Waals surface area contributed by atoms with Crippen molar-refractivity contribution in [3.05, 3.63) is 17.3 Å². The number of hydrogen-bond donors (Lipinski definition) is 2. The lowest BCUT2D eigenvalue weighted by atomic mass is 10.3. The van der Waals surface area contributed by atoms with E-state index in [9.17, 15) is 17.6 Å². The van der Waals surface area contributed by atoms with Crippen LogP contribution in [0.4, 0.5) is 23.4 Å². The van der Waals surface area contributed by atoms with E-state index in [0.717, 1.165) is 0 Å². The first-order valence-corrected chi connectivity index (χ1v) is 4.35. The van der Waals surface area contributed by atoms with E-state index in [0.29, 0.717) is 6.20 Å². The normalized spacial score (nSPS) is 13.6. The van der Waals surface area contributed by atoms with Crippen molar-refractivity contribution in [2.24, 2.45) is 0 Å². The molecule has 9 heteroatoms.